The van der Waals surface area contributed by atoms with E-state index < -0.39 is 27.9 Å². The first-order valence-corrected chi connectivity index (χ1v) is 11.5. The molecule has 2 aromatic carbocycles. The van der Waals surface area contributed by atoms with Crippen LogP contribution in [0.3, 0.4) is 0 Å². The van der Waals surface area contributed by atoms with E-state index in [1.165, 1.54) is 25.3 Å². The lowest BCUT2D eigenvalue weighted by Crippen LogP contribution is -2.47. The number of rotatable bonds is 7. The summed E-state index contributed by atoms with van der Waals surface area (Å²) in [6.45, 7) is 5.51. The van der Waals surface area contributed by atoms with Crippen molar-refractivity contribution in [1.29, 1.82) is 0 Å². The Morgan fingerprint density at radius 1 is 1.13 bits per heavy atom. The third-order valence-corrected chi connectivity index (χ3v) is 6.23. The average Bonchev–Trinajstić information content (AvgIpc) is 2.68. The lowest BCUT2D eigenvalue weighted by Gasteiger charge is -2.30. The second kappa shape index (κ2) is 9.49. The summed E-state index contributed by atoms with van der Waals surface area (Å²) in [4.78, 5) is 24.8. The van der Waals surface area contributed by atoms with E-state index in [1.807, 2.05) is 19.9 Å². The highest BCUT2D eigenvalue weighted by Crippen LogP contribution is 2.28. The Kier molecular flexibility index (Phi) is 7.49. The molecule has 1 N–H and O–H groups in total. The zero-order valence-electron chi connectivity index (χ0n) is 17.5. The highest BCUT2D eigenvalue weighted by atomic mass is 35.5. The van der Waals surface area contributed by atoms with Gasteiger partial charge >= 0.3 is 5.97 Å². The molecule has 0 saturated heterocycles. The first-order valence-electron chi connectivity index (χ1n) is 9.25. The molecule has 0 spiro atoms. The van der Waals surface area contributed by atoms with Crippen molar-refractivity contribution in [2.24, 2.45) is 0 Å². The van der Waals surface area contributed by atoms with Gasteiger partial charge < -0.3 is 10.1 Å². The lowest BCUT2D eigenvalue weighted by atomic mass is 10.1. The minimum absolute atomic E-state index is 0.191. The van der Waals surface area contributed by atoms with E-state index in [9.17, 15) is 18.0 Å². The van der Waals surface area contributed by atoms with Crippen molar-refractivity contribution in [2.45, 2.75) is 33.2 Å². The summed E-state index contributed by atoms with van der Waals surface area (Å²) >= 11 is 6.16. The number of aryl methyl sites for hydroxylation is 2. The largest absolute Gasteiger partial charge is 0.465 e. The summed E-state index contributed by atoms with van der Waals surface area (Å²) in [5, 5.41) is 2.86. The molecule has 0 aliphatic carbocycles. The molecule has 30 heavy (non-hydrogen) atoms. The second-order valence-corrected chi connectivity index (χ2v) is 9.19. The Labute approximate surface area is 182 Å². The van der Waals surface area contributed by atoms with Crippen molar-refractivity contribution in [3.8, 4) is 0 Å². The molecule has 0 heterocycles. The maximum absolute atomic E-state index is 13.1. The number of carbonyl (C=O) groups excluding carboxylic acids is 2. The van der Waals surface area contributed by atoms with Crippen LogP contribution < -0.4 is 9.62 Å². The molecule has 2 aromatic rings. The lowest BCUT2D eigenvalue weighted by molar-refractivity contribution is -0.117. The molecule has 0 bridgehead atoms. The molecule has 0 aliphatic heterocycles. The molecule has 0 unspecified atom stereocenters. The van der Waals surface area contributed by atoms with Crippen molar-refractivity contribution < 1.29 is 22.7 Å². The van der Waals surface area contributed by atoms with Gasteiger partial charge in [0.05, 0.1) is 35.3 Å². The fourth-order valence-electron chi connectivity index (χ4n) is 3.00. The number of carbonyl (C=O) groups is 2. The minimum atomic E-state index is -3.77. The number of sulfonamides is 1. The zero-order valence-corrected chi connectivity index (χ0v) is 19.1. The Bertz CT molecular complexity index is 1070. The summed E-state index contributed by atoms with van der Waals surface area (Å²) in [5.41, 5.74) is 2.72. The van der Waals surface area contributed by atoms with Gasteiger partial charge in [-0.3, -0.25) is 9.10 Å². The van der Waals surface area contributed by atoms with Crippen molar-refractivity contribution >= 4 is 44.9 Å². The maximum Gasteiger partial charge on any atom is 0.337 e. The molecule has 0 radical (unpaired) electrons. The van der Waals surface area contributed by atoms with Crippen LogP contribution in [0.5, 0.6) is 0 Å². The van der Waals surface area contributed by atoms with Crippen LogP contribution in [0, 0.1) is 13.8 Å². The number of nitrogens with one attached hydrogen (secondary N) is 1. The summed E-state index contributed by atoms with van der Waals surface area (Å²) in [5.74, 6) is -1.15. The van der Waals surface area contributed by atoms with E-state index in [0.29, 0.717) is 5.69 Å². The van der Waals surface area contributed by atoms with E-state index in [1.54, 1.807) is 19.1 Å². The van der Waals surface area contributed by atoms with Gasteiger partial charge in [-0.05, 0) is 61.7 Å². The zero-order chi connectivity index (χ0) is 22.6. The summed E-state index contributed by atoms with van der Waals surface area (Å²) < 4.78 is 31.0. The SMILES string of the molecule is CC[C@@H](C(=O)Nc1cc(C(=O)OC)ccc1Cl)N(c1ccc(C)c(C)c1)S(C)(=O)=O. The van der Waals surface area contributed by atoms with Crippen molar-refractivity contribution in [1.82, 2.24) is 0 Å². The maximum atomic E-state index is 13.1. The highest BCUT2D eigenvalue weighted by molar-refractivity contribution is 7.92. The predicted octanol–water partition coefficient (Wildman–Crippen LogP) is 3.93. The first-order chi connectivity index (χ1) is 14.0. The molecule has 0 saturated carbocycles. The van der Waals surface area contributed by atoms with Crippen LogP contribution in [0.4, 0.5) is 11.4 Å². The van der Waals surface area contributed by atoms with E-state index >= 15 is 0 Å². The van der Waals surface area contributed by atoms with Crippen LogP contribution in [0.25, 0.3) is 0 Å². The Balaban J connectivity index is 2.44. The molecule has 1 amide bonds. The highest BCUT2D eigenvalue weighted by Gasteiger charge is 2.32. The van der Waals surface area contributed by atoms with Crippen molar-refractivity contribution in [2.75, 3.05) is 23.0 Å². The molecule has 0 aromatic heterocycles. The van der Waals surface area contributed by atoms with Crippen LogP contribution >= 0.6 is 11.6 Å². The molecule has 1 atom stereocenters. The van der Waals surface area contributed by atoms with E-state index in [0.717, 1.165) is 21.7 Å². The van der Waals surface area contributed by atoms with Gasteiger partial charge in [0.25, 0.3) is 0 Å². The number of anilines is 2. The van der Waals surface area contributed by atoms with Gasteiger partial charge in [-0.15, -0.1) is 0 Å². The molecular formula is C21H25ClN2O5S. The smallest absolute Gasteiger partial charge is 0.337 e. The summed E-state index contributed by atoms with van der Waals surface area (Å²) in [6, 6.07) is 8.52. The number of benzene rings is 2. The second-order valence-electron chi connectivity index (χ2n) is 6.93. The van der Waals surface area contributed by atoms with Crippen LogP contribution in [0.2, 0.25) is 5.02 Å². The topological polar surface area (TPSA) is 92.8 Å². The Morgan fingerprint density at radius 3 is 2.33 bits per heavy atom. The Morgan fingerprint density at radius 2 is 1.80 bits per heavy atom. The van der Waals surface area contributed by atoms with E-state index in [4.69, 9.17) is 11.6 Å². The average molecular weight is 453 g/mol. The van der Waals surface area contributed by atoms with E-state index in [2.05, 4.69) is 10.1 Å². The monoisotopic (exact) mass is 452 g/mol. The number of amides is 1. The number of hydrogen-bond donors (Lipinski definition) is 1. The van der Waals surface area contributed by atoms with Gasteiger partial charge in [0.15, 0.2) is 0 Å². The quantitative estimate of drug-likeness (QED) is 0.642. The molecule has 0 fully saturated rings. The molecule has 0 aliphatic rings. The number of halogens is 1. The molecular weight excluding hydrogens is 428 g/mol. The van der Waals surface area contributed by atoms with Crippen molar-refractivity contribution in [3.63, 3.8) is 0 Å². The number of nitrogens with zero attached hydrogens (tertiary/aromatic N) is 1. The fourth-order valence-corrected chi connectivity index (χ4v) is 4.37. The fraction of sp³-hybridized carbons (Fsp3) is 0.333. The first kappa shape index (κ1) is 23.7. The number of esters is 1. The Hall–Kier alpha value is -2.58. The van der Waals surface area contributed by atoms with Gasteiger partial charge in [-0.1, -0.05) is 24.6 Å². The number of hydrogen-bond acceptors (Lipinski definition) is 5. The predicted molar refractivity (Wildman–Crippen MR) is 119 cm³/mol. The van der Waals surface area contributed by atoms with E-state index in [-0.39, 0.29) is 22.7 Å². The van der Waals surface area contributed by atoms with Gasteiger partial charge in [-0.2, -0.15) is 0 Å². The van der Waals surface area contributed by atoms with Crippen LogP contribution in [-0.4, -0.2) is 39.7 Å². The summed E-state index contributed by atoms with van der Waals surface area (Å²) in [6.07, 6.45) is 1.28. The van der Waals surface area contributed by atoms with Crippen LogP contribution in [0.15, 0.2) is 36.4 Å². The molecule has 7 nitrogen and oxygen atoms in total. The van der Waals surface area contributed by atoms with Gasteiger partial charge in [0.2, 0.25) is 15.9 Å². The third-order valence-electron chi connectivity index (χ3n) is 4.72. The molecule has 162 valence electrons. The van der Waals surface area contributed by atoms with Crippen LogP contribution in [-0.2, 0) is 19.6 Å². The van der Waals surface area contributed by atoms with Crippen LogP contribution in [0.1, 0.15) is 34.8 Å². The molecule has 9 heteroatoms. The van der Waals surface area contributed by atoms with Gasteiger partial charge in [0.1, 0.15) is 6.04 Å². The van der Waals surface area contributed by atoms with Gasteiger partial charge in [0, 0.05) is 0 Å². The summed E-state index contributed by atoms with van der Waals surface area (Å²) in [7, 11) is -2.52. The number of ether oxygens (including phenoxy) is 1. The number of methoxy groups -OCH3 is 1. The molecule has 2 rings (SSSR count). The standard InChI is InChI=1S/C21H25ClN2O5S/c1-6-19(24(30(5,27)28)16-9-7-13(2)14(3)11-16)20(25)23-18-12-15(21(26)29-4)8-10-17(18)22/h7-12,19H,6H2,1-5H3,(H,23,25)/t19-/m0/s1. The van der Waals surface area contributed by atoms with Crippen molar-refractivity contribution in [3.05, 3.63) is 58.1 Å². The van der Waals surface area contributed by atoms with Gasteiger partial charge in [-0.25, -0.2) is 13.2 Å². The minimum Gasteiger partial charge on any atom is -0.465 e. The third kappa shape index (κ3) is 5.31. The normalized spacial score (nSPS) is 12.2.